The van der Waals surface area contributed by atoms with Gasteiger partial charge in [-0.15, -0.1) is 0 Å². The van der Waals surface area contributed by atoms with Gasteiger partial charge in [-0.05, 0) is 39.2 Å². The first-order valence-electron chi connectivity index (χ1n) is 10.3. The molecule has 26 heavy (non-hydrogen) atoms. The molecule has 0 saturated heterocycles. The molecule has 0 rings (SSSR count). The van der Waals surface area contributed by atoms with E-state index in [2.05, 4.69) is 24.4 Å². The quantitative estimate of drug-likeness (QED) is 0.253. The number of hydrogen-bond donors (Lipinski definition) is 3. The number of primary amides is 1. The van der Waals surface area contributed by atoms with Crippen LogP contribution in [0.3, 0.4) is 0 Å². The highest BCUT2D eigenvalue weighted by atomic mass is 16.4. The number of rotatable bonds is 17. The first-order valence-corrected chi connectivity index (χ1v) is 10.3. The highest BCUT2D eigenvalue weighted by molar-refractivity contribution is 5.73. The zero-order chi connectivity index (χ0) is 19.9. The van der Waals surface area contributed by atoms with E-state index in [9.17, 15) is 9.59 Å². The van der Waals surface area contributed by atoms with E-state index in [-0.39, 0.29) is 12.5 Å². The van der Waals surface area contributed by atoms with E-state index < -0.39 is 5.97 Å². The lowest BCUT2D eigenvalue weighted by molar-refractivity contribution is -0.135. The van der Waals surface area contributed by atoms with Crippen molar-refractivity contribution in [1.82, 2.24) is 5.32 Å². The van der Waals surface area contributed by atoms with Crippen molar-refractivity contribution >= 4 is 11.9 Å². The number of likely N-dealkylation sites (N-methyl/N-ethyl adjacent to an activating group) is 1. The predicted molar refractivity (Wildman–Crippen MR) is 110 cm³/mol. The maximum atomic E-state index is 10.5. The monoisotopic (exact) mass is 370 g/mol. The Labute approximate surface area is 160 Å². The predicted octanol–water partition coefficient (Wildman–Crippen LogP) is 4.80. The fraction of sp³-hybridized carbons (Fsp3) is 0.810. The lowest BCUT2D eigenvalue weighted by Gasteiger charge is -1.99. The SMILES string of the molecule is CCCCCCCCC=CCCCCCCCC(N)=O.CNCC(=O)O. The summed E-state index contributed by atoms with van der Waals surface area (Å²) < 4.78 is 0. The Kier molecular flexibility index (Phi) is 24.4. The van der Waals surface area contributed by atoms with Crippen molar-refractivity contribution in [3.63, 3.8) is 0 Å². The van der Waals surface area contributed by atoms with E-state index in [1.54, 1.807) is 7.05 Å². The number of carbonyl (C=O) groups is 2. The molecule has 0 aliphatic carbocycles. The van der Waals surface area contributed by atoms with Crippen LogP contribution in [0.5, 0.6) is 0 Å². The number of aliphatic carboxylic acids is 1. The summed E-state index contributed by atoms with van der Waals surface area (Å²) in [4.78, 5) is 20.1. The van der Waals surface area contributed by atoms with Crippen LogP contribution in [0, 0.1) is 0 Å². The number of carboxylic acid groups (broad SMARTS) is 1. The molecule has 0 unspecified atom stereocenters. The van der Waals surface area contributed by atoms with E-state index in [1.165, 1.54) is 70.6 Å². The molecule has 154 valence electrons. The number of nitrogens with two attached hydrogens (primary N) is 1. The van der Waals surface area contributed by atoms with Gasteiger partial charge in [0.05, 0.1) is 6.54 Å². The topological polar surface area (TPSA) is 92.4 Å². The number of nitrogens with one attached hydrogen (secondary N) is 1. The molecule has 0 spiro atoms. The number of unbranched alkanes of at least 4 members (excludes halogenated alkanes) is 11. The molecular formula is C21H42N2O3. The second-order valence-electron chi connectivity index (χ2n) is 6.72. The Morgan fingerprint density at radius 1 is 0.846 bits per heavy atom. The Morgan fingerprint density at radius 3 is 1.69 bits per heavy atom. The van der Waals surface area contributed by atoms with Crippen molar-refractivity contribution in [3.05, 3.63) is 12.2 Å². The zero-order valence-electron chi connectivity index (χ0n) is 17.1. The number of hydrogen-bond acceptors (Lipinski definition) is 3. The van der Waals surface area contributed by atoms with Gasteiger partial charge in [-0.1, -0.05) is 70.4 Å². The van der Waals surface area contributed by atoms with Crippen LogP contribution >= 0.6 is 0 Å². The van der Waals surface area contributed by atoms with Crippen molar-refractivity contribution in [1.29, 1.82) is 0 Å². The van der Waals surface area contributed by atoms with Crippen molar-refractivity contribution in [2.75, 3.05) is 13.6 Å². The third-order valence-electron chi connectivity index (χ3n) is 4.01. The minimum absolute atomic E-state index is 0.0417. The third-order valence-corrected chi connectivity index (χ3v) is 4.01. The maximum absolute atomic E-state index is 10.5. The lowest BCUT2D eigenvalue weighted by atomic mass is 10.1. The first kappa shape index (κ1) is 26.9. The van der Waals surface area contributed by atoms with E-state index in [0.29, 0.717) is 6.42 Å². The van der Waals surface area contributed by atoms with Crippen LogP contribution in [0.4, 0.5) is 0 Å². The normalized spacial score (nSPS) is 10.5. The number of carbonyl (C=O) groups excluding carboxylic acids is 1. The fourth-order valence-electron chi connectivity index (χ4n) is 2.52. The van der Waals surface area contributed by atoms with Gasteiger partial charge in [0.15, 0.2) is 0 Å². The Bertz CT molecular complexity index is 344. The number of allylic oxidation sites excluding steroid dienone is 2. The molecule has 5 nitrogen and oxygen atoms in total. The van der Waals surface area contributed by atoms with Crippen LogP contribution in [0.15, 0.2) is 12.2 Å². The van der Waals surface area contributed by atoms with Gasteiger partial charge < -0.3 is 16.2 Å². The Balaban J connectivity index is 0. The summed E-state index contributed by atoms with van der Waals surface area (Å²) >= 11 is 0. The van der Waals surface area contributed by atoms with E-state index in [0.717, 1.165) is 12.8 Å². The Morgan fingerprint density at radius 2 is 1.31 bits per heavy atom. The molecule has 0 aromatic carbocycles. The summed E-state index contributed by atoms with van der Waals surface area (Å²) in [6, 6.07) is 0. The smallest absolute Gasteiger partial charge is 0.317 e. The minimum atomic E-state index is -0.822. The summed E-state index contributed by atoms with van der Waals surface area (Å²) in [5.74, 6) is -0.986. The van der Waals surface area contributed by atoms with Crippen LogP contribution in [0.1, 0.15) is 96.8 Å². The lowest BCUT2D eigenvalue weighted by Crippen LogP contribution is -2.16. The molecule has 0 saturated carbocycles. The molecule has 0 aromatic rings. The highest BCUT2D eigenvalue weighted by Gasteiger charge is 1.94. The van der Waals surface area contributed by atoms with E-state index >= 15 is 0 Å². The van der Waals surface area contributed by atoms with Crippen LogP contribution in [-0.2, 0) is 9.59 Å². The van der Waals surface area contributed by atoms with Gasteiger partial charge in [0.2, 0.25) is 5.91 Å². The largest absolute Gasteiger partial charge is 0.480 e. The molecule has 0 radical (unpaired) electrons. The van der Waals surface area contributed by atoms with E-state index in [4.69, 9.17) is 10.8 Å². The van der Waals surface area contributed by atoms with E-state index in [1.807, 2.05) is 0 Å². The zero-order valence-corrected chi connectivity index (χ0v) is 17.1. The molecule has 0 aliphatic rings. The van der Waals surface area contributed by atoms with Crippen LogP contribution in [0.25, 0.3) is 0 Å². The highest BCUT2D eigenvalue weighted by Crippen LogP contribution is 2.09. The van der Waals surface area contributed by atoms with Gasteiger partial charge >= 0.3 is 5.97 Å². The summed E-state index contributed by atoms with van der Waals surface area (Å²) in [5.41, 5.74) is 5.10. The van der Waals surface area contributed by atoms with Gasteiger partial charge in [0, 0.05) is 6.42 Å². The van der Waals surface area contributed by atoms with Crippen LogP contribution in [0.2, 0.25) is 0 Å². The summed E-state index contributed by atoms with van der Waals surface area (Å²) in [6.45, 7) is 2.31. The first-order chi connectivity index (χ1) is 12.5. The van der Waals surface area contributed by atoms with Crippen molar-refractivity contribution in [3.8, 4) is 0 Å². The van der Waals surface area contributed by atoms with Gasteiger partial charge in [-0.25, -0.2) is 0 Å². The average molecular weight is 371 g/mol. The van der Waals surface area contributed by atoms with Gasteiger partial charge in [-0.2, -0.15) is 0 Å². The van der Waals surface area contributed by atoms with Gasteiger partial charge in [0.1, 0.15) is 0 Å². The average Bonchev–Trinajstić information content (AvgIpc) is 2.58. The summed E-state index contributed by atoms with van der Waals surface area (Å²) in [7, 11) is 1.59. The molecule has 1 amide bonds. The Hall–Kier alpha value is -1.36. The van der Waals surface area contributed by atoms with Crippen molar-refractivity contribution in [2.24, 2.45) is 5.73 Å². The summed E-state index contributed by atoms with van der Waals surface area (Å²) in [6.07, 6.45) is 21.9. The van der Waals surface area contributed by atoms with Crippen LogP contribution < -0.4 is 11.1 Å². The van der Waals surface area contributed by atoms with Crippen molar-refractivity contribution < 1.29 is 14.7 Å². The second kappa shape index (κ2) is 23.6. The fourth-order valence-corrected chi connectivity index (χ4v) is 2.52. The molecule has 0 heterocycles. The molecule has 5 heteroatoms. The van der Waals surface area contributed by atoms with Gasteiger partial charge in [0.25, 0.3) is 0 Å². The summed E-state index contributed by atoms with van der Waals surface area (Å²) in [5, 5.41) is 10.3. The maximum Gasteiger partial charge on any atom is 0.317 e. The minimum Gasteiger partial charge on any atom is -0.480 e. The second-order valence-corrected chi connectivity index (χ2v) is 6.72. The van der Waals surface area contributed by atoms with Crippen LogP contribution in [-0.4, -0.2) is 30.6 Å². The molecule has 0 fully saturated rings. The molecule has 0 aliphatic heterocycles. The van der Waals surface area contributed by atoms with Gasteiger partial charge in [-0.3, -0.25) is 9.59 Å². The molecular weight excluding hydrogens is 328 g/mol. The standard InChI is InChI=1S/C18H35NO.C3H7NO2/c1-2-3-4-5-6-7-8-9-10-11-12-13-14-15-16-17-18(19)20;1-4-2-3(5)6/h9-10H,2-8,11-17H2,1H3,(H2,19,20);4H,2H2,1H3,(H,5,6). The molecule has 4 N–H and O–H groups in total. The van der Waals surface area contributed by atoms with Crippen molar-refractivity contribution in [2.45, 2.75) is 96.8 Å². The molecule has 0 aromatic heterocycles. The molecule has 0 atom stereocenters. The molecule has 0 bridgehead atoms. The number of amides is 1. The number of carboxylic acids is 1. The third kappa shape index (κ3) is 30.5.